The van der Waals surface area contributed by atoms with Gasteiger partial charge in [0.05, 0.1) is 0 Å². The molecule has 1 N–H and O–H groups in total. The minimum atomic E-state index is -0.198. The normalized spacial score (nSPS) is 10.3. The Morgan fingerprint density at radius 3 is 2.52 bits per heavy atom. The number of nitrogens with one attached hydrogen (secondary N) is 1. The fourth-order valence-corrected chi connectivity index (χ4v) is 2.14. The summed E-state index contributed by atoms with van der Waals surface area (Å²) >= 11 is 5.95. The van der Waals surface area contributed by atoms with Gasteiger partial charge in [0, 0.05) is 10.7 Å². The lowest BCUT2D eigenvalue weighted by Crippen LogP contribution is -2.20. The minimum Gasteiger partial charge on any atom is -0.483 e. The van der Waals surface area contributed by atoms with Crippen molar-refractivity contribution in [3.05, 3.63) is 58.1 Å². The van der Waals surface area contributed by atoms with Crippen molar-refractivity contribution >= 4 is 23.2 Å². The maximum absolute atomic E-state index is 11.9. The molecule has 2 aromatic rings. The molecule has 0 spiro atoms. The summed E-state index contributed by atoms with van der Waals surface area (Å²) in [6.07, 6.45) is 0. The number of aryl methyl sites for hydroxylation is 3. The van der Waals surface area contributed by atoms with Crippen LogP contribution in [-0.4, -0.2) is 12.5 Å². The number of hydrogen-bond acceptors (Lipinski definition) is 2. The average molecular weight is 304 g/mol. The second kappa shape index (κ2) is 6.64. The molecule has 0 heterocycles. The van der Waals surface area contributed by atoms with Crippen molar-refractivity contribution in [1.29, 1.82) is 0 Å². The van der Waals surface area contributed by atoms with Crippen molar-refractivity contribution in [3.63, 3.8) is 0 Å². The summed E-state index contributed by atoms with van der Waals surface area (Å²) in [5, 5.41) is 3.47. The zero-order valence-corrected chi connectivity index (χ0v) is 13.1. The highest BCUT2D eigenvalue weighted by Gasteiger charge is 2.06. The SMILES string of the molecule is Cc1ccc(OCC(=O)Nc2ccc(Cl)c(C)c2)c(C)c1. The number of ether oxygens (including phenoxy) is 1. The van der Waals surface area contributed by atoms with E-state index in [1.165, 1.54) is 5.56 Å². The quantitative estimate of drug-likeness (QED) is 0.915. The molecule has 0 aliphatic heterocycles. The molecule has 0 aliphatic rings. The van der Waals surface area contributed by atoms with Crippen molar-refractivity contribution in [2.24, 2.45) is 0 Å². The summed E-state index contributed by atoms with van der Waals surface area (Å²) in [6, 6.07) is 11.2. The zero-order chi connectivity index (χ0) is 15.4. The van der Waals surface area contributed by atoms with Crippen LogP contribution in [0.3, 0.4) is 0 Å². The van der Waals surface area contributed by atoms with Crippen molar-refractivity contribution in [2.75, 3.05) is 11.9 Å². The summed E-state index contributed by atoms with van der Waals surface area (Å²) in [5.74, 6) is 0.528. The van der Waals surface area contributed by atoms with Crippen LogP contribution in [0.25, 0.3) is 0 Å². The monoisotopic (exact) mass is 303 g/mol. The van der Waals surface area contributed by atoms with Crippen LogP contribution in [0.5, 0.6) is 5.75 Å². The summed E-state index contributed by atoms with van der Waals surface area (Å²) in [6.45, 7) is 5.85. The van der Waals surface area contributed by atoms with Crippen LogP contribution in [0, 0.1) is 20.8 Å². The van der Waals surface area contributed by atoms with Crippen LogP contribution < -0.4 is 10.1 Å². The molecule has 0 bridgehead atoms. The maximum atomic E-state index is 11.9. The van der Waals surface area contributed by atoms with Gasteiger partial charge in [-0.2, -0.15) is 0 Å². The highest BCUT2D eigenvalue weighted by molar-refractivity contribution is 6.31. The van der Waals surface area contributed by atoms with Gasteiger partial charge in [0.1, 0.15) is 5.75 Å². The molecule has 0 saturated heterocycles. The Kier molecular flexibility index (Phi) is 4.86. The van der Waals surface area contributed by atoms with Gasteiger partial charge in [-0.05, 0) is 56.2 Å². The summed E-state index contributed by atoms with van der Waals surface area (Å²) < 4.78 is 5.54. The molecule has 0 fully saturated rings. The number of rotatable bonds is 4. The molecule has 4 heteroatoms. The first kappa shape index (κ1) is 15.4. The number of hydrogen-bond donors (Lipinski definition) is 1. The van der Waals surface area contributed by atoms with Gasteiger partial charge in [0.2, 0.25) is 0 Å². The van der Waals surface area contributed by atoms with Crippen molar-refractivity contribution in [3.8, 4) is 5.75 Å². The maximum Gasteiger partial charge on any atom is 0.262 e. The first-order valence-corrected chi connectivity index (χ1v) is 7.09. The molecule has 0 atom stereocenters. The van der Waals surface area contributed by atoms with Crippen LogP contribution in [0.4, 0.5) is 5.69 Å². The number of carbonyl (C=O) groups excluding carboxylic acids is 1. The molecule has 21 heavy (non-hydrogen) atoms. The molecule has 2 rings (SSSR count). The standard InChI is InChI=1S/C17H18ClNO2/c1-11-4-7-16(13(3)8-11)21-10-17(20)19-14-5-6-15(18)12(2)9-14/h4-9H,10H2,1-3H3,(H,19,20). The van der Waals surface area contributed by atoms with Crippen LogP contribution >= 0.6 is 11.6 Å². The topological polar surface area (TPSA) is 38.3 Å². The largest absolute Gasteiger partial charge is 0.483 e. The third-order valence-electron chi connectivity index (χ3n) is 3.13. The second-order valence-electron chi connectivity index (χ2n) is 5.07. The lowest BCUT2D eigenvalue weighted by molar-refractivity contribution is -0.118. The Hall–Kier alpha value is -2.00. The first-order valence-electron chi connectivity index (χ1n) is 6.72. The van der Waals surface area contributed by atoms with E-state index < -0.39 is 0 Å². The van der Waals surface area contributed by atoms with Gasteiger partial charge in [-0.3, -0.25) is 4.79 Å². The third kappa shape index (κ3) is 4.23. The van der Waals surface area contributed by atoms with E-state index in [1.54, 1.807) is 12.1 Å². The van der Waals surface area contributed by atoms with E-state index >= 15 is 0 Å². The summed E-state index contributed by atoms with van der Waals surface area (Å²) in [5.41, 5.74) is 3.82. The smallest absolute Gasteiger partial charge is 0.262 e. The van der Waals surface area contributed by atoms with E-state index in [1.807, 2.05) is 45.0 Å². The van der Waals surface area contributed by atoms with Gasteiger partial charge in [0.15, 0.2) is 6.61 Å². The fraction of sp³-hybridized carbons (Fsp3) is 0.235. The van der Waals surface area contributed by atoms with E-state index in [2.05, 4.69) is 5.32 Å². The Labute approximate surface area is 129 Å². The average Bonchev–Trinajstić information content (AvgIpc) is 2.42. The van der Waals surface area contributed by atoms with E-state index in [9.17, 15) is 4.79 Å². The Bertz CT molecular complexity index is 668. The number of benzene rings is 2. The van der Waals surface area contributed by atoms with Gasteiger partial charge >= 0.3 is 0 Å². The molecule has 0 unspecified atom stereocenters. The molecule has 3 nitrogen and oxygen atoms in total. The van der Waals surface area contributed by atoms with E-state index in [0.717, 1.165) is 16.9 Å². The predicted molar refractivity (Wildman–Crippen MR) is 86.2 cm³/mol. The van der Waals surface area contributed by atoms with Crippen LogP contribution in [0.15, 0.2) is 36.4 Å². The van der Waals surface area contributed by atoms with E-state index in [0.29, 0.717) is 10.7 Å². The lowest BCUT2D eigenvalue weighted by Gasteiger charge is -2.10. The molecular formula is C17H18ClNO2. The fourth-order valence-electron chi connectivity index (χ4n) is 2.02. The molecular weight excluding hydrogens is 286 g/mol. The Morgan fingerprint density at radius 2 is 1.86 bits per heavy atom. The molecule has 0 aromatic heterocycles. The van der Waals surface area contributed by atoms with Crippen molar-refractivity contribution in [1.82, 2.24) is 0 Å². The highest BCUT2D eigenvalue weighted by Crippen LogP contribution is 2.20. The number of anilines is 1. The Balaban J connectivity index is 1.94. The molecule has 0 aliphatic carbocycles. The highest BCUT2D eigenvalue weighted by atomic mass is 35.5. The van der Waals surface area contributed by atoms with Gasteiger partial charge in [-0.25, -0.2) is 0 Å². The summed E-state index contributed by atoms with van der Waals surface area (Å²) in [7, 11) is 0. The second-order valence-corrected chi connectivity index (χ2v) is 5.48. The molecule has 0 saturated carbocycles. The lowest BCUT2D eigenvalue weighted by atomic mass is 10.1. The third-order valence-corrected chi connectivity index (χ3v) is 3.55. The van der Waals surface area contributed by atoms with Crippen molar-refractivity contribution in [2.45, 2.75) is 20.8 Å². The molecule has 0 radical (unpaired) electrons. The number of carbonyl (C=O) groups is 1. The van der Waals surface area contributed by atoms with Crippen molar-refractivity contribution < 1.29 is 9.53 Å². The van der Waals surface area contributed by atoms with Crippen LogP contribution in [0.1, 0.15) is 16.7 Å². The number of amides is 1. The predicted octanol–water partition coefficient (Wildman–Crippen LogP) is 4.28. The zero-order valence-electron chi connectivity index (χ0n) is 12.4. The van der Waals surface area contributed by atoms with Gasteiger partial charge < -0.3 is 10.1 Å². The molecule has 2 aromatic carbocycles. The van der Waals surface area contributed by atoms with Crippen LogP contribution in [0.2, 0.25) is 5.02 Å². The van der Waals surface area contributed by atoms with Gasteiger partial charge in [0.25, 0.3) is 5.91 Å². The van der Waals surface area contributed by atoms with E-state index in [4.69, 9.17) is 16.3 Å². The minimum absolute atomic E-state index is 0.0222. The summed E-state index contributed by atoms with van der Waals surface area (Å²) in [4.78, 5) is 11.9. The molecule has 110 valence electrons. The number of halogens is 1. The Morgan fingerprint density at radius 1 is 1.10 bits per heavy atom. The first-order chi connectivity index (χ1) is 9.95. The van der Waals surface area contributed by atoms with E-state index in [-0.39, 0.29) is 12.5 Å². The molecule has 1 amide bonds. The van der Waals surface area contributed by atoms with Crippen LogP contribution in [-0.2, 0) is 4.79 Å². The van der Waals surface area contributed by atoms with Gasteiger partial charge in [-0.15, -0.1) is 0 Å². The van der Waals surface area contributed by atoms with Gasteiger partial charge in [-0.1, -0.05) is 29.3 Å².